The third-order valence-electron chi connectivity index (χ3n) is 4.11. The molecule has 0 aromatic heterocycles. The van der Waals surface area contributed by atoms with Crippen molar-refractivity contribution in [3.8, 4) is 0 Å². The van der Waals surface area contributed by atoms with E-state index in [0.717, 1.165) is 19.5 Å². The molecule has 2 N–H and O–H groups in total. The number of fused-ring (bicyclic) bond motifs is 1. The zero-order chi connectivity index (χ0) is 13.4. The fraction of sp³-hybridized carbons (Fsp3) is 0.500. The van der Waals surface area contributed by atoms with Crippen LogP contribution in [-0.2, 0) is 0 Å². The van der Waals surface area contributed by atoms with Crippen molar-refractivity contribution in [2.75, 3.05) is 18.4 Å². The Morgan fingerprint density at radius 3 is 2.84 bits per heavy atom. The third kappa shape index (κ3) is 2.30. The van der Waals surface area contributed by atoms with Crippen molar-refractivity contribution in [3.63, 3.8) is 0 Å². The van der Waals surface area contributed by atoms with Gasteiger partial charge in [0.15, 0.2) is 0 Å². The molecular formula is C14H18FN3O. The number of benzene rings is 1. The van der Waals surface area contributed by atoms with Crippen molar-refractivity contribution in [3.05, 3.63) is 30.1 Å². The first kappa shape index (κ1) is 12.4. The van der Waals surface area contributed by atoms with E-state index in [1.807, 2.05) is 4.90 Å². The van der Waals surface area contributed by atoms with Crippen LogP contribution in [0.25, 0.3) is 0 Å². The fourth-order valence-corrected chi connectivity index (χ4v) is 3.24. The highest BCUT2D eigenvalue weighted by Gasteiger charge is 2.44. The number of nitrogens with zero attached hydrogens (tertiary/aromatic N) is 1. The lowest BCUT2D eigenvalue weighted by Crippen LogP contribution is -2.45. The Morgan fingerprint density at radius 2 is 2.11 bits per heavy atom. The van der Waals surface area contributed by atoms with Gasteiger partial charge in [0.25, 0.3) is 0 Å². The maximum Gasteiger partial charge on any atom is 0.322 e. The quantitative estimate of drug-likeness (QED) is 0.814. The van der Waals surface area contributed by atoms with Crippen LogP contribution in [0, 0.1) is 11.7 Å². The predicted octanol–water partition coefficient (Wildman–Crippen LogP) is 2.04. The van der Waals surface area contributed by atoms with Crippen LogP contribution in [0.1, 0.15) is 13.3 Å². The summed E-state index contributed by atoms with van der Waals surface area (Å²) >= 11 is 0. The molecular weight excluding hydrogens is 245 g/mol. The first-order chi connectivity index (χ1) is 9.15. The predicted molar refractivity (Wildman–Crippen MR) is 71.5 cm³/mol. The lowest BCUT2D eigenvalue weighted by molar-refractivity contribution is 0.190. The smallest absolute Gasteiger partial charge is 0.317 e. The summed E-state index contributed by atoms with van der Waals surface area (Å²) < 4.78 is 12.8. The number of urea groups is 1. The number of hydrogen-bond donors (Lipinski definition) is 2. The molecule has 3 atom stereocenters. The molecule has 2 heterocycles. The molecule has 102 valence electrons. The average molecular weight is 263 g/mol. The van der Waals surface area contributed by atoms with Crippen LogP contribution in [0.3, 0.4) is 0 Å². The minimum absolute atomic E-state index is 0.0877. The SMILES string of the molecule is CC1CC2CNCC2N1C(=O)Nc1ccc(F)cc1. The Bertz CT molecular complexity index is 476. The number of anilines is 1. The van der Waals surface area contributed by atoms with Crippen molar-refractivity contribution >= 4 is 11.7 Å². The van der Waals surface area contributed by atoms with E-state index in [-0.39, 0.29) is 23.9 Å². The van der Waals surface area contributed by atoms with Gasteiger partial charge in [-0.15, -0.1) is 0 Å². The molecule has 2 fully saturated rings. The highest BCUT2D eigenvalue weighted by atomic mass is 19.1. The van der Waals surface area contributed by atoms with Gasteiger partial charge in [-0.2, -0.15) is 0 Å². The van der Waals surface area contributed by atoms with E-state index < -0.39 is 0 Å². The second kappa shape index (κ2) is 4.81. The molecule has 0 radical (unpaired) electrons. The number of carbonyl (C=O) groups excluding carboxylic acids is 1. The van der Waals surface area contributed by atoms with Crippen LogP contribution in [0.5, 0.6) is 0 Å². The minimum atomic E-state index is -0.299. The van der Waals surface area contributed by atoms with Crippen molar-refractivity contribution in [2.45, 2.75) is 25.4 Å². The first-order valence-electron chi connectivity index (χ1n) is 6.71. The summed E-state index contributed by atoms with van der Waals surface area (Å²) in [4.78, 5) is 14.3. The van der Waals surface area contributed by atoms with Gasteiger partial charge in [0.1, 0.15) is 5.82 Å². The van der Waals surface area contributed by atoms with Gasteiger partial charge >= 0.3 is 6.03 Å². The minimum Gasteiger partial charge on any atom is -0.317 e. The zero-order valence-corrected chi connectivity index (χ0v) is 10.9. The molecule has 1 aromatic carbocycles. The topological polar surface area (TPSA) is 44.4 Å². The van der Waals surface area contributed by atoms with Gasteiger partial charge in [0.2, 0.25) is 0 Å². The molecule has 2 aliphatic heterocycles. The maximum atomic E-state index is 12.8. The normalized spacial score (nSPS) is 29.4. The van der Waals surface area contributed by atoms with Gasteiger partial charge in [-0.25, -0.2) is 9.18 Å². The second-order valence-corrected chi connectivity index (χ2v) is 5.41. The van der Waals surface area contributed by atoms with Crippen molar-refractivity contribution in [2.24, 2.45) is 5.92 Å². The van der Waals surface area contributed by atoms with Gasteiger partial charge in [-0.1, -0.05) is 0 Å². The Morgan fingerprint density at radius 1 is 1.37 bits per heavy atom. The molecule has 3 unspecified atom stereocenters. The molecule has 0 spiro atoms. The fourth-order valence-electron chi connectivity index (χ4n) is 3.24. The summed E-state index contributed by atoms with van der Waals surface area (Å²) in [7, 11) is 0. The summed E-state index contributed by atoms with van der Waals surface area (Å²) in [6.07, 6.45) is 1.05. The molecule has 2 saturated heterocycles. The first-order valence-corrected chi connectivity index (χ1v) is 6.71. The van der Waals surface area contributed by atoms with Gasteiger partial charge in [0.05, 0.1) is 6.04 Å². The molecule has 0 saturated carbocycles. The number of rotatable bonds is 1. The molecule has 2 aliphatic rings. The van der Waals surface area contributed by atoms with E-state index in [1.54, 1.807) is 12.1 Å². The zero-order valence-electron chi connectivity index (χ0n) is 10.9. The molecule has 3 rings (SSSR count). The van der Waals surface area contributed by atoms with Gasteiger partial charge in [-0.05, 0) is 43.5 Å². The van der Waals surface area contributed by atoms with Crippen LogP contribution in [-0.4, -0.2) is 36.1 Å². The van der Waals surface area contributed by atoms with E-state index in [4.69, 9.17) is 0 Å². The number of nitrogens with one attached hydrogen (secondary N) is 2. The molecule has 1 aromatic rings. The van der Waals surface area contributed by atoms with Crippen LogP contribution in [0.15, 0.2) is 24.3 Å². The van der Waals surface area contributed by atoms with E-state index in [0.29, 0.717) is 11.6 Å². The monoisotopic (exact) mass is 263 g/mol. The van der Waals surface area contributed by atoms with Crippen LogP contribution >= 0.6 is 0 Å². The Kier molecular flexibility index (Phi) is 3.14. The number of carbonyl (C=O) groups is 1. The van der Waals surface area contributed by atoms with Gasteiger partial charge in [-0.3, -0.25) is 0 Å². The van der Waals surface area contributed by atoms with Crippen molar-refractivity contribution < 1.29 is 9.18 Å². The lowest BCUT2D eigenvalue weighted by atomic mass is 10.0. The second-order valence-electron chi connectivity index (χ2n) is 5.41. The van der Waals surface area contributed by atoms with Crippen molar-refractivity contribution in [1.29, 1.82) is 0 Å². The average Bonchev–Trinajstić information content (AvgIpc) is 2.91. The highest BCUT2D eigenvalue weighted by molar-refractivity contribution is 5.90. The molecule has 4 nitrogen and oxygen atoms in total. The van der Waals surface area contributed by atoms with E-state index in [2.05, 4.69) is 17.6 Å². The van der Waals surface area contributed by atoms with E-state index in [9.17, 15) is 9.18 Å². The molecule has 2 amide bonds. The van der Waals surface area contributed by atoms with E-state index >= 15 is 0 Å². The number of likely N-dealkylation sites (tertiary alicyclic amines) is 1. The van der Waals surface area contributed by atoms with E-state index in [1.165, 1.54) is 12.1 Å². The molecule has 5 heteroatoms. The number of halogens is 1. The van der Waals surface area contributed by atoms with Crippen LogP contribution in [0.2, 0.25) is 0 Å². The number of hydrogen-bond acceptors (Lipinski definition) is 2. The lowest BCUT2D eigenvalue weighted by Gasteiger charge is -2.27. The Hall–Kier alpha value is -1.62. The summed E-state index contributed by atoms with van der Waals surface area (Å²) in [5, 5.41) is 6.18. The Balaban J connectivity index is 1.71. The summed E-state index contributed by atoms with van der Waals surface area (Å²) in [6, 6.07) is 6.33. The van der Waals surface area contributed by atoms with Gasteiger partial charge in [0, 0.05) is 24.8 Å². The van der Waals surface area contributed by atoms with Crippen LogP contribution < -0.4 is 10.6 Å². The summed E-state index contributed by atoms with van der Waals surface area (Å²) in [6.45, 7) is 3.95. The highest BCUT2D eigenvalue weighted by Crippen LogP contribution is 2.32. The third-order valence-corrected chi connectivity index (χ3v) is 4.11. The van der Waals surface area contributed by atoms with Gasteiger partial charge < -0.3 is 15.5 Å². The molecule has 19 heavy (non-hydrogen) atoms. The molecule has 0 bridgehead atoms. The molecule has 0 aliphatic carbocycles. The summed E-state index contributed by atoms with van der Waals surface area (Å²) in [5.74, 6) is 0.265. The summed E-state index contributed by atoms with van der Waals surface area (Å²) in [5.41, 5.74) is 0.632. The standard InChI is InChI=1S/C14H18FN3O/c1-9-6-10-7-16-8-13(10)18(9)14(19)17-12-4-2-11(15)3-5-12/h2-5,9-10,13,16H,6-8H2,1H3,(H,17,19). The van der Waals surface area contributed by atoms with Crippen LogP contribution in [0.4, 0.5) is 14.9 Å². The Labute approximate surface area is 112 Å². The maximum absolute atomic E-state index is 12.8. The largest absolute Gasteiger partial charge is 0.322 e. The van der Waals surface area contributed by atoms with Crippen molar-refractivity contribution in [1.82, 2.24) is 10.2 Å². The number of amides is 2.